The van der Waals surface area contributed by atoms with E-state index in [9.17, 15) is 0 Å². The van der Waals surface area contributed by atoms with Crippen molar-refractivity contribution in [2.75, 3.05) is 26.1 Å². The fourth-order valence-electron chi connectivity index (χ4n) is 4.45. The zero-order chi connectivity index (χ0) is 22.7. The number of rotatable bonds is 8. The van der Waals surface area contributed by atoms with E-state index >= 15 is 0 Å². The summed E-state index contributed by atoms with van der Waals surface area (Å²) in [6.07, 6.45) is 6.07. The van der Waals surface area contributed by atoms with Crippen molar-refractivity contribution in [2.45, 2.75) is 39.7 Å². The monoisotopic (exact) mass is 432 g/mol. The van der Waals surface area contributed by atoms with Gasteiger partial charge in [-0.1, -0.05) is 50.3 Å². The molecular weight excluding hydrogens is 400 g/mol. The minimum atomic E-state index is -0.0212. The van der Waals surface area contributed by atoms with Gasteiger partial charge in [-0.15, -0.1) is 0 Å². The van der Waals surface area contributed by atoms with E-state index in [1.165, 1.54) is 5.57 Å². The molecule has 2 heterocycles. The van der Waals surface area contributed by atoms with Gasteiger partial charge in [-0.2, -0.15) is 9.61 Å². The molecule has 4 rings (SSSR count). The van der Waals surface area contributed by atoms with Gasteiger partial charge in [0.25, 0.3) is 0 Å². The first kappa shape index (κ1) is 22.1. The van der Waals surface area contributed by atoms with E-state index < -0.39 is 0 Å². The molecule has 32 heavy (non-hydrogen) atoms. The number of methoxy groups -OCH3 is 2. The Morgan fingerprint density at radius 1 is 1.16 bits per heavy atom. The number of aromatic nitrogens is 3. The van der Waals surface area contributed by atoms with Gasteiger partial charge in [0.1, 0.15) is 17.7 Å². The fourth-order valence-corrected chi connectivity index (χ4v) is 4.45. The lowest BCUT2D eigenvalue weighted by molar-refractivity contribution is 0.0530. The summed E-state index contributed by atoms with van der Waals surface area (Å²) in [6.45, 7) is 7.11. The summed E-state index contributed by atoms with van der Waals surface area (Å²) in [5.74, 6) is 2.11. The summed E-state index contributed by atoms with van der Waals surface area (Å²) in [5.41, 5.74) is 6.42. The van der Waals surface area contributed by atoms with Crippen molar-refractivity contribution < 1.29 is 9.47 Å². The Bertz CT molecular complexity index is 1150. The van der Waals surface area contributed by atoms with Crippen LogP contribution in [0.1, 0.15) is 31.7 Å². The Balaban J connectivity index is 1.59. The third-order valence-corrected chi connectivity index (χ3v) is 5.96. The fraction of sp³-hybridized carbons (Fsp3) is 0.385. The SMILES string of the molecule is CCc1nn2c(NCCC3=CC(C)C(OC)C(OC)=C3)cc(C)nc2c1-c1ccccc1. The highest BCUT2D eigenvalue weighted by Crippen LogP contribution is 2.30. The quantitative estimate of drug-likeness (QED) is 0.531. The number of ether oxygens (including phenoxy) is 2. The number of nitrogens with one attached hydrogen (secondary N) is 1. The molecule has 168 valence electrons. The molecule has 0 aliphatic heterocycles. The van der Waals surface area contributed by atoms with E-state index in [1.54, 1.807) is 14.2 Å². The number of nitrogens with zero attached hydrogens (tertiary/aromatic N) is 3. The van der Waals surface area contributed by atoms with Gasteiger partial charge in [0.15, 0.2) is 5.65 Å². The number of benzene rings is 1. The normalized spacial score (nSPS) is 18.4. The number of anilines is 1. The number of hydrogen-bond donors (Lipinski definition) is 1. The van der Waals surface area contributed by atoms with Crippen molar-refractivity contribution in [1.29, 1.82) is 0 Å². The first-order valence-electron chi connectivity index (χ1n) is 11.2. The molecule has 0 amide bonds. The second-order valence-corrected chi connectivity index (χ2v) is 8.24. The van der Waals surface area contributed by atoms with Crippen LogP contribution in [0.2, 0.25) is 0 Å². The van der Waals surface area contributed by atoms with E-state index in [0.717, 1.165) is 59.1 Å². The van der Waals surface area contributed by atoms with Crippen LogP contribution >= 0.6 is 0 Å². The lowest BCUT2D eigenvalue weighted by Crippen LogP contribution is -2.26. The van der Waals surface area contributed by atoms with Crippen LogP contribution in [0.25, 0.3) is 16.8 Å². The molecule has 1 aromatic carbocycles. The van der Waals surface area contributed by atoms with E-state index in [-0.39, 0.29) is 12.0 Å². The molecule has 6 heteroatoms. The van der Waals surface area contributed by atoms with Crippen LogP contribution in [0.5, 0.6) is 0 Å². The van der Waals surface area contributed by atoms with Crippen molar-refractivity contribution in [1.82, 2.24) is 14.6 Å². The maximum Gasteiger partial charge on any atom is 0.165 e. The molecule has 0 saturated heterocycles. The number of allylic oxidation sites excluding steroid dienone is 1. The number of hydrogen-bond acceptors (Lipinski definition) is 5. The molecule has 1 aliphatic carbocycles. The first-order valence-corrected chi connectivity index (χ1v) is 11.2. The van der Waals surface area contributed by atoms with Crippen molar-refractivity contribution in [3.05, 3.63) is 71.3 Å². The standard InChI is InChI=1S/C26H32N4O2/c1-6-21-24(20-10-8-7-9-11-20)26-28-18(3)15-23(30(26)29-21)27-13-12-19-14-17(2)25(32-5)22(16-19)31-4/h7-11,14-17,25,27H,6,12-13H2,1-5H3. The maximum absolute atomic E-state index is 5.58. The molecule has 2 aromatic heterocycles. The smallest absolute Gasteiger partial charge is 0.165 e. The lowest BCUT2D eigenvalue weighted by Gasteiger charge is -2.27. The topological polar surface area (TPSA) is 60.7 Å². The van der Waals surface area contributed by atoms with Gasteiger partial charge >= 0.3 is 0 Å². The van der Waals surface area contributed by atoms with Crippen molar-refractivity contribution in [2.24, 2.45) is 5.92 Å². The van der Waals surface area contributed by atoms with Crippen LogP contribution in [0.3, 0.4) is 0 Å². The predicted octanol–water partition coefficient (Wildman–Crippen LogP) is 5.19. The third-order valence-electron chi connectivity index (χ3n) is 5.96. The summed E-state index contributed by atoms with van der Waals surface area (Å²) in [6, 6.07) is 12.5. The molecule has 2 atom stereocenters. The minimum absolute atomic E-state index is 0.0212. The summed E-state index contributed by atoms with van der Waals surface area (Å²) in [5, 5.41) is 8.48. The first-order chi connectivity index (χ1) is 15.5. The van der Waals surface area contributed by atoms with Gasteiger partial charge in [0.05, 0.1) is 12.8 Å². The Hall–Kier alpha value is -3.12. The average Bonchev–Trinajstić information content (AvgIpc) is 3.17. The largest absolute Gasteiger partial charge is 0.498 e. The summed E-state index contributed by atoms with van der Waals surface area (Å²) in [4.78, 5) is 4.84. The predicted molar refractivity (Wildman–Crippen MR) is 129 cm³/mol. The minimum Gasteiger partial charge on any atom is -0.498 e. The molecule has 0 spiro atoms. The summed E-state index contributed by atoms with van der Waals surface area (Å²) < 4.78 is 13.1. The second-order valence-electron chi connectivity index (χ2n) is 8.24. The zero-order valence-corrected chi connectivity index (χ0v) is 19.6. The highest BCUT2D eigenvalue weighted by molar-refractivity contribution is 5.81. The second kappa shape index (κ2) is 9.57. The zero-order valence-electron chi connectivity index (χ0n) is 19.6. The third kappa shape index (κ3) is 4.28. The van der Waals surface area contributed by atoms with Gasteiger partial charge in [0.2, 0.25) is 0 Å². The Labute approximate surface area is 190 Å². The maximum atomic E-state index is 5.58. The van der Waals surface area contributed by atoms with E-state index in [4.69, 9.17) is 19.6 Å². The molecule has 6 nitrogen and oxygen atoms in total. The van der Waals surface area contributed by atoms with Crippen LogP contribution < -0.4 is 5.32 Å². The molecular formula is C26H32N4O2. The summed E-state index contributed by atoms with van der Waals surface area (Å²) >= 11 is 0. The van der Waals surface area contributed by atoms with Crippen LogP contribution in [0.4, 0.5) is 5.82 Å². The highest BCUT2D eigenvalue weighted by Gasteiger charge is 2.25. The van der Waals surface area contributed by atoms with Crippen LogP contribution in [-0.4, -0.2) is 41.5 Å². The van der Waals surface area contributed by atoms with Crippen LogP contribution in [0, 0.1) is 12.8 Å². The Morgan fingerprint density at radius 3 is 2.62 bits per heavy atom. The van der Waals surface area contributed by atoms with E-state index in [2.05, 4.69) is 61.6 Å². The van der Waals surface area contributed by atoms with Crippen molar-refractivity contribution in [3.63, 3.8) is 0 Å². The number of aryl methyl sites for hydroxylation is 2. The average molecular weight is 433 g/mol. The molecule has 0 fully saturated rings. The van der Waals surface area contributed by atoms with Gasteiger partial charge in [-0.25, -0.2) is 4.98 Å². The summed E-state index contributed by atoms with van der Waals surface area (Å²) in [7, 11) is 3.43. The van der Waals surface area contributed by atoms with Crippen molar-refractivity contribution in [3.8, 4) is 11.1 Å². The van der Waals surface area contributed by atoms with Gasteiger partial charge < -0.3 is 14.8 Å². The molecule has 2 unspecified atom stereocenters. The van der Waals surface area contributed by atoms with Crippen LogP contribution in [-0.2, 0) is 15.9 Å². The van der Waals surface area contributed by atoms with Crippen LogP contribution in [0.15, 0.2) is 59.9 Å². The lowest BCUT2D eigenvalue weighted by atomic mass is 9.92. The molecule has 0 bridgehead atoms. The molecule has 0 radical (unpaired) electrons. The Kier molecular flexibility index (Phi) is 6.61. The Morgan fingerprint density at radius 2 is 1.94 bits per heavy atom. The molecule has 1 aliphatic rings. The van der Waals surface area contributed by atoms with Gasteiger partial charge in [-0.05, 0) is 37.0 Å². The van der Waals surface area contributed by atoms with Crippen molar-refractivity contribution >= 4 is 11.5 Å². The van der Waals surface area contributed by atoms with E-state index in [0.29, 0.717) is 0 Å². The van der Waals surface area contributed by atoms with Gasteiger partial charge in [-0.3, -0.25) is 0 Å². The molecule has 3 aromatic rings. The van der Waals surface area contributed by atoms with E-state index in [1.807, 2.05) is 17.5 Å². The molecule has 0 saturated carbocycles. The molecule has 1 N–H and O–H groups in total. The number of fused-ring (bicyclic) bond motifs is 1. The highest BCUT2D eigenvalue weighted by atomic mass is 16.5. The van der Waals surface area contributed by atoms with Gasteiger partial charge in [0, 0.05) is 36.9 Å².